The molecule has 35 heavy (non-hydrogen) atoms. The molecule has 3 heterocycles. The third kappa shape index (κ3) is 4.60. The number of aryl methyl sites for hydroxylation is 2. The van der Waals surface area contributed by atoms with Gasteiger partial charge in [-0.1, -0.05) is 24.3 Å². The Morgan fingerprint density at radius 3 is 2.63 bits per heavy atom. The summed E-state index contributed by atoms with van der Waals surface area (Å²) in [5.41, 5.74) is 4.92. The van der Waals surface area contributed by atoms with Crippen molar-refractivity contribution < 1.29 is 4.79 Å². The fraction of sp³-hybridized carbons (Fsp3) is 0.321. The Labute approximate surface area is 209 Å². The average molecular weight is 484 g/mol. The van der Waals surface area contributed by atoms with Gasteiger partial charge < -0.3 is 15.1 Å². The lowest BCUT2D eigenvalue weighted by Gasteiger charge is -2.23. The summed E-state index contributed by atoms with van der Waals surface area (Å²) in [6, 6.07) is 18.7. The minimum absolute atomic E-state index is 0.121. The Bertz CT molecular complexity index is 1350. The second kappa shape index (κ2) is 9.66. The molecular formula is C28H29N5OS. The van der Waals surface area contributed by atoms with Gasteiger partial charge in [-0.2, -0.15) is 4.98 Å². The molecule has 2 aromatic heterocycles. The number of carbonyl (C=O) groups is 1. The summed E-state index contributed by atoms with van der Waals surface area (Å²) in [7, 11) is 0. The molecular weight excluding hydrogens is 454 g/mol. The van der Waals surface area contributed by atoms with Crippen molar-refractivity contribution in [3.63, 3.8) is 0 Å². The predicted octanol–water partition coefficient (Wildman–Crippen LogP) is 5.67. The molecule has 0 radical (unpaired) electrons. The van der Waals surface area contributed by atoms with Gasteiger partial charge in [0, 0.05) is 37.3 Å². The van der Waals surface area contributed by atoms with E-state index < -0.39 is 0 Å². The topological polar surface area (TPSA) is 61.4 Å². The lowest BCUT2D eigenvalue weighted by atomic mass is 9.91. The monoisotopic (exact) mass is 483 g/mol. The Morgan fingerprint density at radius 1 is 0.857 bits per heavy atom. The number of thiophene rings is 1. The molecule has 0 saturated carbocycles. The van der Waals surface area contributed by atoms with E-state index in [2.05, 4.69) is 34.5 Å². The van der Waals surface area contributed by atoms with Crippen molar-refractivity contribution in [3.8, 4) is 0 Å². The van der Waals surface area contributed by atoms with Crippen LogP contribution in [0.1, 0.15) is 40.1 Å². The molecule has 1 aliphatic carbocycles. The van der Waals surface area contributed by atoms with Crippen LogP contribution in [0.2, 0.25) is 0 Å². The first-order valence-corrected chi connectivity index (χ1v) is 13.4. The molecule has 178 valence electrons. The van der Waals surface area contributed by atoms with Gasteiger partial charge in [-0.05, 0) is 78.9 Å². The largest absolute Gasteiger partial charge is 0.340 e. The summed E-state index contributed by atoms with van der Waals surface area (Å²) in [6.45, 7) is 2.96. The molecule has 2 aliphatic rings. The summed E-state index contributed by atoms with van der Waals surface area (Å²) in [5, 5.41) is 6.56. The number of nitrogens with one attached hydrogen (secondary N) is 1. The molecule has 1 amide bonds. The van der Waals surface area contributed by atoms with Crippen molar-refractivity contribution in [3.05, 3.63) is 76.0 Å². The summed E-state index contributed by atoms with van der Waals surface area (Å²) >= 11 is 1.50. The molecule has 1 N–H and O–H groups in total. The van der Waals surface area contributed by atoms with Crippen molar-refractivity contribution in [2.75, 3.05) is 36.4 Å². The molecule has 2 aromatic carbocycles. The van der Waals surface area contributed by atoms with E-state index >= 15 is 0 Å². The van der Waals surface area contributed by atoms with E-state index in [-0.39, 0.29) is 5.91 Å². The highest BCUT2D eigenvalue weighted by Crippen LogP contribution is 2.30. The van der Waals surface area contributed by atoms with Gasteiger partial charge in [0.2, 0.25) is 5.95 Å². The van der Waals surface area contributed by atoms with Crippen LogP contribution in [0.5, 0.6) is 0 Å². The van der Waals surface area contributed by atoms with E-state index in [9.17, 15) is 4.79 Å². The number of benzene rings is 2. The zero-order valence-electron chi connectivity index (χ0n) is 19.7. The molecule has 0 atom stereocenters. The first kappa shape index (κ1) is 22.0. The number of fused-ring (bicyclic) bond motifs is 2. The molecule has 0 spiro atoms. The lowest BCUT2D eigenvalue weighted by Crippen LogP contribution is -2.35. The number of carbonyl (C=O) groups excluding carboxylic acids is 1. The van der Waals surface area contributed by atoms with Crippen molar-refractivity contribution in [2.24, 2.45) is 0 Å². The van der Waals surface area contributed by atoms with Crippen LogP contribution in [0.25, 0.3) is 10.9 Å². The van der Waals surface area contributed by atoms with Crippen molar-refractivity contribution in [2.45, 2.75) is 32.1 Å². The van der Waals surface area contributed by atoms with E-state index in [0.29, 0.717) is 13.1 Å². The number of anilines is 3. The molecule has 0 unspecified atom stereocenters. The first-order chi connectivity index (χ1) is 17.2. The fourth-order valence-corrected chi connectivity index (χ4v) is 5.82. The van der Waals surface area contributed by atoms with Crippen LogP contribution in [0.4, 0.5) is 17.5 Å². The van der Waals surface area contributed by atoms with Crippen LogP contribution >= 0.6 is 11.3 Å². The summed E-state index contributed by atoms with van der Waals surface area (Å²) in [4.78, 5) is 27.7. The number of hydrogen-bond acceptors (Lipinski definition) is 6. The maximum atomic E-state index is 12.9. The molecule has 1 aliphatic heterocycles. The number of rotatable bonds is 4. The molecule has 1 saturated heterocycles. The van der Waals surface area contributed by atoms with Gasteiger partial charge in [0.1, 0.15) is 5.82 Å². The quantitative estimate of drug-likeness (QED) is 0.405. The normalized spacial score (nSPS) is 16.1. The van der Waals surface area contributed by atoms with Crippen LogP contribution in [0.3, 0.4) is 0 Å². The highest BCUT2D eigenvalue weighted by molar-refractivity contribution is 7.12. The van der Waals surface area contributed by atoms with Crippen LogP contribution in [-0.4, -0.2) is 47.0 Å². The van der Waals surface area contributed by atoms with Crippen LogP contribution in [0, 0.1) is 0 Å². The Balaban J connectivity index is 1.27. The molecule has 1 fully saturated rings. The SMILES string of the molecule is O=C(c1cccs1)N1CCCN(c2nc(Nc3ccc4c(c3)CCCC4)c3ccccc3n2)CC1. The summed E-state index contributed by atoms with van der Waals surface area (Å²) in [6.07, 6.45) is 5.76. The second-order valence-electron chi connectivity index (χ2n) is 9.32. The number of para-hydroxylation sites is 1. The number of hydrogen-bond donors (Lipinski definition) is 1. The average Bonchev–Trinajstić information content (AvgIpc) is 3.33. The third-order valence-electron chi connectivity index (χ3n) is 7.00. The first-order valence-electron chi connectivity index (χ1n) is 12.5. The molecule has 6 nitrogen and oxygen atoms in total. The van der Waals surface area contributed by atoms with Crippen molar-refractivity contribution in [1.82, 2.24) is 14.9 Å². The highest BCUT2D eigenvalue weighted by atomic mass is 32.1. The van der Waals surface area contributed by atoms with E-state index in [0.717, 1.165) is 59.2 Å². The smallest absolute Gasteiger partial charge is 0.263 e. The number of amides is 1. The lowest BCUT2D eigenvalue weighted by molar-refractivity contribution is 0.0772. The highest BCUT2D eigenvalue weighted by Gasteiger charge is 2.23. The maximum absolute atomic E-state index is 12.9. The maximum Gasteiger partial charge on any atom is 0.263 e. The minimum Gasteiger partial charge on any atom is -0.340 e. The number of aromatic nitrogens is 2. The van der Waals surface area contributed by atoms with Gasteiger partial charge >= 0.3 is 0 Å². The summed E-state index contributed by atoms with van der Waals surface area (Å²) < 4.78 is 0. The fourth-order valence-electron chi connectivity index (χ4n) is 5.13. The molecule has 7 heteroatoms. The van der Waals surface area contributed by atoms with Crippen molar-refractivity contribution >= 4 is 45.6 Å². The Kier molecular flexibility index (Phi) is 6.08. The van der Waals surface area contributed by atoms with Crippen LogP contribution in [0.15, 0.2) is 60.0 Å². The van der Waals surface area contributed by atoms with E-state index in [1.165, 1.54) is 41.7 Å². The predicted molar refractivity (Wildman–Crippen MR) is 143 cm³/mol. The van der Waals surface area contributed by atoms with E-state index in [1.807, 2.05) is 40.6 Å². The van der Waals surface area contributed by atoms with E-state index in [1.54, 1.807) is 0 Å². The molecule has 0 bridgehead atoms. The van der Waals surface area contributed by atoms with Gasteiger partial charge in [-0.15, -0.1) is 11.3 Å². The summed E-state index contributed by atoms with van der Waals surface area (Å²) in [5.74, 6) is 1.67. The minimum atomic E-state index is 0.121. The van der Waals surface area contributed by atoms with Gasteiger partial charge in [0.25, 0.3) is 5.91 Å². The van der Waals surface area contributed by atoms with Gasteiger partial charge in [-0.25, -0.2) is 4.98 Å². The van der Waals surface area contributed by atoms with Gasteiger partial charge in [0.05, 0.1) is 10.4 Å². The molecule has 6 rings (SSSR count). The Hall–Kier alpha value is -3.45. The van der Waals surface area contributed by atoms with Gasteiger partial charge in [-0.3, -0.25) is 4.79 Å². The zero-order chi connectivity index (χ0) is 23.6. The van der Waals surface area contributed by atoms with Crippen LogP contribution in [-0.2, 0) is 12.8 Å². The van der Waals surface area contributed by atoms with E-state index in [4.69, 9.17) is 9.97 Å². The Morgan fingerprint density at radius 2 is 1.74 bits per heavy atom. The second-order valence-corrected chi connectivity index (χ2v) is 10.3. The third-order valence-corrected chi connectivity index (χ3v) is 7.86. The van der Waals surface area contributed by atoms with Crippen LogP contribution < -0.4 is 10.2 Å². The van der Waals surface area contributed by atoms with Gasteiger partial charge in [0.15, 0.2) is 0 Å². The number of nitrogens with zero attached hydrogens (tertiary/aromatic N) is 4. The zero-order valence-corrected chi connectivity index (χ0v) is 20.6. The standard InChI is InChI=1S/C28H29N5OS/c34-27(25-11-5-18-35-25)32-14-6-15-33(17-16-32)28-30-24-10-4-3-9-23(24)26(31-28)29-22-13-12-20-7-1-2-8-21(20)19-22/h3-5,9-13,18-19H,1-2,6-8,14-17H2,(H,29,30,31). The van der Waals surface area contributed by atoms with Crippen molar-refractivity contribution in [1.29, 1.82) is 0 Å². The molecule has 4 aromatic rings.